The summed E-state index contributed by atoms with van der Waals surface area (Å²) in [5.74, 6) is 0.280. The van der Waals surface area contributed by atoms with Crippen LogP contribution in [-0.2, 0) is 15.8 Å². The Hall–Kier alpha value is 0.380. The third-order valence-corrected chi connectivity index (χ3v) is 2.73. The zero-order chi connectivity index (χ0) is 12.1. The van der Waals surface area contributed by atoms with E-state index in [4.69, 9.17) is 21.1 Å². The first kappa shape index (κ1) is 17.4. The maximum atomic E-state index is 10.9. The Labute approximate surface area is 130 Å². The van der Waals surface area contributed by atoms with E-state index in [-0.39, 0.29) is 46.3 Å². The Morgan fingerprint density at radius 2 is 2.18 bits per heavy atom. The molecule has 0 N–H and O–H groups in total. The van der Waals surface area contributed by atoms with Gasteiger partial charge in [0.05, 0.1) is 11.5 Å². The second-order valence-electron chi connectivity index (χ2n) is 3.21. The zero-order valence-corrected chi connectivity index (χ0v) is 13.5. The molecule has 90 valence electrons. The summed E-state index contributed by atoms with van der Waals surface area (Å²) in [7, 11) is 1.55. The van der Waals surface area contributed by atoms with Crippen molar-refractivity contribution in [3.05, 3.63) is 23.2 Å². The predicted molar refractivity (Wildman–Crippen MR) is 60.6 cm³/mol. The molecule has 2 atom stereocenters. The molecule has 7 heteroatoms. The molecule has 1 aromatic rings. The van der Waals surface area contributed by atoms with Crippen molar-refractivity contribution in [1.29, 1.82) is 0 Å². The molecule has 0 fully saturated rings. The number of halogens is 1. The fourth-order valence-corrected chi connectivity index (χ4v) is 1.94. The van der Waals surface area contributed by atoms with Crippen LogP contribution in [0.15, 0.2) is 23.1 Å². The van der Waals surface area contributed by atoms with Gasteiger partial charge in [0.15, 0.2) is 0 Å². The van der Waals surface area contributed by atoms with E-state index in [0.717, 1.165) is 0 Å². The van der Waals surface area contributed by atoms with Gasteiger partial charge in [-0.1, -0.05) is 11.6 Å². The van der Waals surface area contributed by atoms with Gasteiger partial charge in [-0.2, -0.15) is 0 Å². The molecule has 0 heterocycles. The number of hydrogen-bond donors (Lipinski definition) is 0. The number of hydrogen-bond acceptors (Lipinski definition) is 4. The minimum absolute atomic E-state index is 0. The summed E-state index contributed by atoms with van der Waals surface area (Å²) < 4.78 is 32.2. The summed E-state index contributed by atoms with van der Waals surface area (Å²) >= 11 is 3.33. The van der Waals surface area contributed by atoms with Crippen LogP contribution in [0.25, 0.3) is 0 Å². The quantitative estimate of drug-likeness (QED) is 0.514. The number of ether oxygens (including phenoxy) is 2. The van der Waals surface area contributed by atoms with Crippen molar-refractivity contribution in [1.82, 2.24) is 0 Å². The third kappa shape index (κ3) is 5.70. The van der Waals surface area contributed by atoms with E-state index < -0.39 is 11.1 Å². The van der Waals surface area contributed by atoms with Crippen LogP contribution in [0.3, 0.4) is 0 Å². The SMILES string of the molecule is COCC(C)Oc1ccc(Cl)cc1S(=O)[O-].[Na+]. The van der Waals surface area contributed by atoms with Crippen LogP contribution < -0.4 is 34.3 Å². The second kappa shape index (κ2) is 8.48. The molecule has 2 unspecified atom stereocenters. The molecule has 1 rings (SSSR count). The summed E-state index contributed by atoms with van der Waals surface area (Å²) in [5.41, 5.74) is 0. The van der Waals surface area contributed by atoms with E-state index in [9.17, 15) is 8.76 Å². The van der Waals surface area contributed by atoms with Crippen LogP contribution in [0.4, 0.5) is 0 Å². The average Bonchev–Trinajstić information content (AvgIpc) is 2.20. The maximum Gasteiger partial charge on any atom is 1.00 e. The molecule has 0 aliphatic rings. The van der Waals surface area contributed by atoms with Crippen molar-refractivity contribution in [2.45, 2.75) is 17.9 Å². The van der Waals surface area contributed by atoms with Gasteiger partial charge in [-0.15, -0.1) is 0 Å². The molecule has 0 saturated carbocycles. The molecular formula is C10H12ClNaO4S. The van der Waals surface area contributed by atoms with Gasteiger partial charge < -0.3 is 14.0 Å². The molecule has 0 bridgehead atoms. The molecule has 17 heavy (non-hydrogen) atoms. The Morgan fingerprint density at radius 3 is 2.71 bits per heavy atom. The molecule has 0 aromatic heterocycles. The van der Waals surface area contributed by atoms with E-state index >= 15 is 0 Å². The van der Waals surface area contributed by atoms with Crippen LogP contribution in [-0.4, -0.2) is 28.6 Å². The Morgan fingerprint density at radius 1 is 1.53 bits per heavy atom. The smallest absolute Gasteiger partial charge is 0.768 e. The zero-order valence-electron chi connectivity index (χ0n) is 9.94. The molecule has 4 nitrogen and oxygen atoms in total. The Bertz CT molecular complexity index is 389. The summed E-state index contributed by atoms with van der Waals surface area (Å²) in [4.78, 5) is 0.0513. The van der Waals surface area contributed by atoms with Crippen molar-refractivity contribution in [3.8, 4) is 5.75 Å². The fraction of sp³-hybridized carbons (Fsp3) is 0.400. The van der Waals surface area contributed by atoms with E-state index in [2.05, 4.69) is 0 Å². The first-order valence-electron chi connectivity index (χ1n) is 4.59. The first-order chi connectivity index (χ1) is 7.54. The molecule has 0 amide bonds. The van der Waals surface area contributed by atoms with Crippen LogP contribution in [0.2, 0.25) is 5.02 Å². The van der Waals surface area contributed by atoms with Crippen LogP contribution in [0, 0.1) is 0 Å². The van der Waals surface area contributed by atoms with E-state index in [1.165, 1.54) is 12.1 Å². The number of benzene rings is 1. The van der Waals surface area contributed by atoms with Crippen molar-refractivity contribution < 1.29 is 47.8 Å². The fourth-order valence-electron chi connectivity index (χ4n) is 1.19. The Balaban J connectivity index is 0.00000256. The van der Waals surface area contributed by atoms with Gasteiger partial charge in [-0.25, -0.2) is 0 Å². The van der Waals surface area contributed by atoms with Gasteiger partial charge in [0.25, 0.3) is 0 Å². The van der Waals surface area contributed by atoms with E-state index in [0.29, 0.717) is 11.6 Å². The van der Waals surface area contributed by atoms with Crippen LogP contribution >= 0.6 is 11.6 Å². The summed E-state index contributed by atoms with van der Waals surface area (Å²) in [5, 5.41) is 0.353. The molecule has 0 aliphatic heterocycles. The van der Waals surface area contributed by atoms with Gasteiger partial charge in [-0.3, -0.25) is 4.21 Å². The minimum Gasteiger partial charge on any atom is -0.768 e. The van der Waals surface area contributed by atoms with Gasteiger partial charge in [0.2, 0.25) is 0 Å². The van der Waals surface area contributed by atoms with Crippen molar-refractivity contribution in [3.63, 3.8) is 0 Å². The van der Waals surface area contributed by atoms with Gasteiger partial charge in [-0.05, 0) is 36.2 Å². The summed E-state index contributed by atoms with van der Waals surface area (Å²) in [6, 6.07) is 4.45. The molecular weight excluding hydrogens is 275 g/mol. The Kier molecular flexibility index (Phi) is 8.67. The molecule has 0 saturated heterocycles. The molecule has 1 aromatic carbocycles. The van der Waals surface area contributed by atoms with Gasteiger partial charge >= 0.3 is 29.6 Å². The first-order valence-corrected chi connectivity index (χ1v) is 6.04. The van der Waals surface area contributed by atoms with Gasteiger partial charge in [0.1, 0.15) is 11.9 Å². The van der Waals surface area contributed by atoms with Crippen LogP contribution in [0.5, 0.6) is 5.75 Å². The maximum absolute atomic E-state index is 10.9. The topological polar surface area (TPSA) is 58.6 Å². The number of methoxy groups -OCH3 is 1. The third-order valence-electron chi connectivity index (χ3n) is 1.81. The van der Waals surface area contributed by atoms with E-state index in [1.54, 1.807) is 20.1 Å². The number of rotatable bonds is 5. The van der Waals surface area contributed by atoms with Gasteiger partial charge in [0, 0.05) is 12.1 Å². The van der Waals surface area contributed by atoms with Crippen molar-refractivity contribution >= 4 is 22.7 Å². The second-order valence-corrected chi connectivity index (χ2v) is 4.56. The monoisotopic (exact) mass is 286 g/mol. The predicted octanol–water partition coefficient (Wildman–Crippen LogP) is -1.00. The standard InChI is InChI=1S/C10H13ClO4S.Na/c1-7(6-14-2)15-9-4-3-8(11)5-10(9)16(12)13;/h3-5,7H,6H2,1-2H3,(H,12,13);/q;+1/p-1. The summed E-state index contributed by atoms with van der Waals surface area (Å²) in [6.45, 7) is 2.17. The molecule has 0 spiro atoms. The van der Waals surface area contributed by atoms with Crippen molar-refractivity contribution in [2.75, 3.05) is 13.7 Å². The van der Waals surface area contributed by atoms with E-state index in [1.807, 2.05) is 0 Å². The van der Waals surface area contributed by atoms with Crippen molar-refractivity contribution in [2.24, 2.45) is 0 Å². The summed E-state index contributed by atoms with van der Waals surface area (Å²) in [6.07, 6.45) is -0.228. The molecule has 0 radical (unpaired) electrons. The largest absolute Gasteiger partial charge is 1.00 e. The normalized spacial score (nSPS) is 13.6. The molecule has 0 aliphatic carbocycles. The minimum atomic E-state index is -2.37. The van der Waals surface area contributed by atoms with Crippen LogP contribution in [0.1, 0.15) is 6.92 Å². The average molecular weight is 287 g/mol.